The smallest absolute Gasteiger partial charge is 0.225 e. The van der Waals surface area contributed by atoms with Crippen molar-refractivity contribution in [2.24, 2.45) is 0 Å². The van der Waals surface area contributed by atoms with Crippen LogP contribution >= 0.6 is 0 Å². The highest BCUT2D eigenvalue weighted by Crippen LogP contribution is 2.17. The Bertz CT molecular complexity index is 550. The highest BCUT2D eigenvalue weighted by Gasteiger charge is 2.13. The summed E-state index contributed by atoms with van der Waals surface area (Å²) < 4.78 is 5.32. The van der Waals surface area contributed by atoms with Crippen molar-refractivity contribution in [2.75, 3.05) is 31.2 Å². The standard InChI is InChI=1S/C14H16N4O/c1-11-2-3-15-13(8-11)12-9-16-14(17-10-12)18-4-6-19-7-5-18/h2-3,8-10H,4-7H2,1H3. The highest BCUT2D eigenvalue weighted by atomic mass is 16.5. The lowest BCUT2D eigenvalue weighted by molar-refractivity contribution is 0.122. The summed E-state index contributed by atoms with van der Waals surface area (Å²) in [6.07, 6.45) is 5.47. The van der Waals surface area contributed by atoms with Gasteiger partial charge in [-0.3, -0.25) is 4.98 Å². The fraction of sp³-hybridized carbons (Fsp3) is 0.357. The molecule has 0 N–H and O–H groups in total. The third-order valence-corrected chi connectivity index (χ3v) is 3.14. The normalized spacial score (nSPS) is 15.5. The van der Waals surface area contributed by atoms with Crippen LogP contribution in [0.4, 0.5) is 5.95 Å². The van der Waals surface area contributed by atoms with Crippen molar-refractivity contribution in [1.82, 2.24) is 15.0 Å². The SMILES string of the molecule is Cc1ccnc(-c2cnc(N3CCOCC3)nc2)c1. The first-order valence-electron chi connectivity index (χ1n) is 6.41. The second kappa shape index (κ2) is 5.32. The number of morpholine rings is 1. The Balaban J connectivity index is 1.82. The summed E-state index contributed by atoms with van der Waals surface area (Å²) in [5.74, 6) is 0.764. The number of rotatable bonds is 2. The second-order valence-electron chi connectivity index (χ2n) is 4.59. The van der Waals surface area contributed by atoms with Gasteiger partial charge in [0.1, 0.15) is 0 Å². The van der Waals surface area contributed by atoms with Crippen LogP contribution in [0.5, 0.6) is 0 Å². The van der Waals surface area contributed by atoms with E-state index < -0.39 is 0 Å². The molecule has 98 valence electrons. The zero-order valence-corrected chi connectivity index (χ0v) is 10.9. The van der Waals surface area contributed by atoms with Crippen molar-refractivity contribution in [3.8, 4) is 11.3 Å². The topological polar surface area (TPSA) is 51.1 Å². The lowest BCUT2D eigenvalue weighted by Crippen LogP contribution is -2.37. The van der Waals surface area contributed by atoms with Crippen LogP contribution in [0.2, 0.25) is 0 Å². The number of aryl methyl sites for hydroxylation is 1. The summed E-state index contributed by atoms with van der Waals surface area (Å²) >= 11 is 0. The average Bonchev–Trinajstić information content (AvgIpc) is 2.48. The number of aromatic nitrogens is 3. The highest BCUT2D eigenvalue weighted by molar-refractivity contribution is 5.58. The summed E-state index contributed by atoms with van der Waals surface area (Å²) in [5.41, 5.74) is 3.04. The van der Waals surface area contributed by atoms with E-state index in [0.717, 1.165) is 43.5 Å². The first kappa shape index (κ1) is 12.0. The van der Waals surface area contributed by atoms with Crippen molar-refractivity contribution in [3.63, 3.8) is 0 Å². The van der Waals surface area contributed by atoms with Crippen LogP contribution in [0.1, 0.15) is 5.56 Å². The third kappa shape index (κ3) is 2.71. The Morgan fingerprint density at radius 2 is 1.84 bits per heavy atom. The molecule has 0 unspecified atom stereocenters. The van der Waals surface area contributed by atoms with E-state index in [1.54, 1.807) is 6.20 Å². The van der Waals surface area contributed by atoms with Crippen molar-refractivity contribution in [3.05, 3.63) is 36.3 Å². The Morgan fingerprint density at radius 3 is 2.53 bits per heavy atom. The summed E-state index contributed by atoms with van der Waals surface area (Å²) in [7, 11) is 0. The van der Waals surface area contributed by atoms with Gasteiger partial charge in [0.2, 0.25) is 5.95 Å². The van der Waals surface area contributed by atoms with Gasteiger partial charge in [0.15, 0.2) is 0 Å². The van der Waals surface area contributed by atoms with Gasteiger partial charge in [-0.2, -0.15) is 0 Å². The van der Waals surface area contributed by atoms with E-state index in [1.165, 1.54) is 5.56 Å². The molecule has 1 fully saturated rings. The Morgan fingerprint density at radius 1 is 1.11 bits per heavy atom. The van der Waals surface area contributed by atoms with E-state index in [0.29, 0.717) is 0 Å². The fourth-order valence-corrected chi connectivity index (χ4v) is 2.07. The molecule has 3 rings (SSSR count). The fourth-order valence-electron chi connectivity index (χ4n) is 2.07. The van der Waals surface area contributed by atoms with Crippen molar-refractivity contribution in [1.29, 1.82) is 0 Å². The predicted molar refractivity (Wildman–Crippen MR) is 73.0 cm³/mol. The van der Waals surface area contributed by atoms with Crippen LogP contribution in [-0.4, -0.2) is 41.3 Å². The first-order chi connectivity index (χ1) is 9.33. The summed E-state index contributed by atoms with van der Waals surface area (Å²) in [6.45, 7) is 5.23. The zero-order chi connectivity index (χ0) is 13.1. The maximum absolute atomic E-state index is 5.32. The molecule has 3 heterocycles. The quantitative estimate of drug-likeness (QED) is 0.818. The molecule has 0 aromatic carbocycles. The van der Waals surface area contributed by atoms with Crippen molar-refractivity contribution in [2.45, 2.75) is 6.92 Å². The average molecular weight is 256 g/mol. The van der Waals surface area contributed by atoms with Gasteiger partial charge in [0.05, 0.1) is 18.9 Å². The molecule has 0 spiro atoms. The van der Waals surface area contributed by atoms with Gasteiger partial charge in [0, 0.05) is 37.2 Å². The van der Waals surface area contributed by atoms with Gasteiger partial charge < -0.3 is 9.64 Å². The van der Waals surface area contributed by atoms with Crippen molar-refractivity contribution >= 4 is 5.95 Å². The zero-order valence-electron chi connectivity index (χ0n) is 10.9. The summed E-state index contributed by atoms with van der Waals surface area (Å²) in [6, 6.07) is 4.01. The first-order valence-corrected chi connectivity index (χ1v) is 6.41. The minimum absolute atomic E-state index is 0.741. The molecular weight excluding hydrogens is 240 g/mol. The van der Waals surface area contributed by atoms with E-state index in [2.05, 4.69) is 19.9 Å². The second-order valence-corrected chi connectivity index (χ2v) is 4.59. The van der Waals surface area contributed by atoms with E-state index in [1.807, 2.05) is 31.5 Å². The predicted octanol–water partition coefficient (Wildman–Crippen LogP) is 1.68. The molecule has 2 aromatic heterocycles. The molecular formula is C14H16N4O. The van der Waals surface area contributed by atoms with Gasteiger partial charge >= 0.3 is 0 Å². The molecule has 5 nitrogen and oxygen atoms in total. The molecule has 0 atom stereocenters. The van der Waals surface area contributed by atoms with E-state index in [9.17, 15) is 0 Å². The molecule has 0 radical (unpaired) electrons. The lowest BCUT2D eigenvalue weighted by atomic mass is 10.2. The van der Waals surface area contributed by atoms with Gasteiger partial charge in [-0.1, -0.05) is 0 Å². The van der Waals surface area contributed by atoms with Crippen LogP contribution < -0.4 is 4.90 Å². The molecule has 0 bridgehead atoms. The number of hydrogen-bond acceptors (Lipinski definition) is 5. The Kier molecular flexibility index (Phi) is 3.37. The Labute approximate surface area is 112 Å². The van der Waals surface area contributed by atoms with Gasteiger partial charge in [-0.15, -0.1) is 0 Å². The number of ether oxygens (including phenoxy) is 1. The number of pyridine rings is 1. The molecule has 0 amide bonds. The molecule has 19 heavy (non-hydrogen) atoms. The number of anilines is 1. The van der Waals surface area contributed by atoms with Crippen LogP contribution in [-0.2, 0) is 4.74 Å². The minimum atomic E-state index is 0.741. The van der Waals surface area contributed by atoms with Gasteiger partial charge in [0.25, 0.3) is 0 Å². The molecule has 1 saturated heterocycles. The lowest BCUT2D eigenvalue weighted by Gasteiger charge is -2.26. The maximum Gasteiger partial charge on any atom is 0.225 e. The minimum Gasteiger partial charge on any atom is -0.378 e. The van der Waals surface area contributed by atoms with Crippen LogP contribution in [0.25, 0.3) is 11.3 Å². The van der Waals surface area contributed by atoms with Crippen molar-refractivity contribution < 1.29 is 4.74 Å². The molecule has 0 aliphatic carbocycles. The Hall–Kier alpha value is -2.01. The van der Waals surface area contributed by atoms with Gasteiger partial charge in [-0.05, 0) is 24.6 Å². The summed E-state index contributed by atoms with van der Waals surface area (Å²) in [4.78, 5) is 15.3. The molecule has 2 aromatic rings. The number of nitrogens with zero attached hydrogens (tertiary/aromatic N) is 4. The largest absolute Gasteiger partial charge is 0.378 e. The van der Waals surface area contributed by atoms with Crippen LogP contribution in [0.15, 0.2) is 30.7 Å². The molecule has 5 heteroatoms. The van der Waals surface area contributed by atoms with Crippen LogP contribution in [0.3, 0.4) is 0 Å². The van der Waals surface area contributed by atoms with Gasteiger partial charge in [-0.25, -0.2) is 9.97 Å². The third-order valence-electron chi connectivity index (χ3n) is 3.14. The maximum atomic E-state index is 5.32. The molecule has 0 saturated carbocycles. The summed E-state index contributed by atoms with van der Waals surface area (Å²) in [5, 5.41) is 0. The van der Waals surface area contributed by atoms with E-state index in [-0.39, 0.29) is 0 Å². The monoisotopic (exact) mass is 256 g/mol. The van der Waals surface area contributed by atoms with E-state index in [4.69, 9.17) is 4.74 Å². The van der Waals surface area contributed by atoms with E-state index >= 15 is 0 Å². The molecule has 1 aliphatic rings. The molecule has 1 aliphatic heterocycles. The number of hydrogen-bond donors (Lipinski definition) is 0. The van der Waals surface area contributed by atoms with Crippen LogP contribution in [0, 0.1) is 6.92 Å².